The quantitative estimate of drug-likeness (QED) is 0.702. The van der Waals surface area contributed by atoms with Crippen molar-refractivity contribution in [3.8, 4) is 6.07 Å². The maximum Gasteiger partial charge on any atom is 0.230 e. The molecule has 16 heavy (non-hydrogen) atoms. The van der Waals surface area contributed by atoms with Gasteiger partial charge in [-0.2, -0.15) is 17.0 Å². The second-order valence-electron chi connectivity index (χ2n) is 3.72. The van der Waals surface area contributed by atoms with Crippen molar-refractivity contribution < 1.29 is 8.42 Å². The minimum absolute atomic E-state index is 0.0557. The van der Waals surface area contributed by atoms with Gasteiger partial charge in [-0.3, -0.25) is 0 Å². The summed E-state index contributed by atoms with van der Waals surface area (Å²) in [6.07, 6.45) is 3.13. The average Bonchev–Trinajstić information content (AvgIpc) is 2.26. The topological polar surface area (TPSA) is 61.2 Å². The molecule has 2 unspecified atom stereocenters. The Balaban J connectivity index is 4.70. The molecule has 4 nitrogen and oxygen atoms in total. The Morgan fingerprint density at radius 3 is 2.44 bits per heavy atom. The highest BCUT2D eigenvalue weighted by Gasteiger charge is 2.30. The van der Waals surface area contributed by atoms with Gasteiger partial charge in [0.25, 0.3) is 0 Å². The Morgan fingerprint density at radius 2 is 2.06 bits per heavy atom. The van der Waals surface area contributed by atoms with Crippen LogP contribution in [0.25, 0.3) is 0 Å². The molecular formula is C10H20N2O2S2. The molecule has 0 aromatic rings. The number of hydrogen-bond acceptors (Lipinski definition) is 4. The Labute approximate surface area is 103 Å². The second kappa shape index (κ2) is 7.15. The molecule has 2 atom stereocenters. The first kappa shape index (κ1) is 15.8. The molecule has 0 N–H and O–H groups in total. The van der Waals surface area contributed by atoms with Crippen LogP contribution in [0.1, 0.15) is 26.7 Å². The SMILES string of the molecule is CCC(C#N)S(=O)(=O)N(C)C(C)CCSC. The number of rotatable bonds is 7. The van der Waals surface area contributed by atoms with Crippen molar-refractivity contribution in [3.05, 3.63) is 0 Å². The summed E-state index contributed by atoms with van der Waals surface area (Å²) in [5.74, 6) is 0.921. The van der Waals surface area contributed by atoms with Gasteiger partial charge < -0.3 is 0 Å². The summed E-state index contributed by atoms with van der Waals surface area (Å²) < 4.78 is 25.3. The zero-order valence-corrected chi connectivity index (χ0v) is 11.9. The number of nitriles is 1. The summed E-state index contributed by atoms with van der Waals surface area (Å²) in [6.45, 7) is 3.59. The van der Waals surface area contributed by atoms with Gasteiger partial charge in [0, 0.05) is 13.1 Å². The van der Waals surface area contributed by atoms with Crippen molar-refractivity contribution >= 4 is 21.8 Å². The maximum absolute atomic E-state index is 12.0. The standard InChI is InChI=1S/C10H20N2O2S2/c1-5-10(8-11)16(13,14)12(3)9(2)6-7-15-4/h9-10H,5-7H2,1-4H3. The van der Waals surface area contributed by atoms with E-state index in [2.05, 4.69) is 0 Å². The lowest BCUT2D eigenvalue weighted by atomic mass is 10.3. The molecule has 0 fully saturated rings. The molecule has 0 radical (unpaired) electrons. The van der Waals surface area contributed by atoms with Crippen LogP contribution in [0.2, 0.25) is 0 Å². The molecule has 94 valence electrons. The molecule has 0 aromatic heterocycles. The van der Waals surface area contributed by atoms with Crippen molar-refractivity contribution in [2.75, 3.05) is 19.1 Å². The summed E-state index contributed by atoms with van der Waals surface area (Å²) in [7, 11) is -1.91. The minimum atomic E-state index is -3.47. The molecule has 0 heterocycles. The van der Waals surface area contributed by atoms with E-state index in [4.69, 9.17) is 5.26 Å². The molecule has 0 aliphatic rings. The highest BCUT2D eigenvalue weighted by molar-refractivity contribution is 7.98. The normalized spacial score (nSPS) is 15.8. The Hall–Kier alpha value is -0.250. The zero-order valence-electron chi connectivity index (χ0n) is 10.3. The van der Waals surface area contributed by atoms with Gasteiger partial charge in [0.1, 0.15) is 0 Å². The third-order valence-electron chi connectivity index (χ3n) is 2.64. The molecule has 0 spiro atoms. The van der Waals surface area contributed by atoms with Crippen LogP contribution in [-0.4, -0.2) is 43.1 Å². The van der Waals surface area contributed by atoms with E-state index in [0.29, 0.717) is 6.42 Å². The summed E-state index contributed by atoms with van der Waals surface area (Å²) in [5, 5.41) is 7.89. The van der Waals surface area contributed by atoms with Crippen LogP contribution in [0, 0.1) is 11.3 Å². The van der Waals surface area contributed by atoms with Crippen LogP contribution in [0.15, 0.2) is 0 Å². The number of thioether (sulfide) groups is 1. The Bertz CT molecular complexity index is 335. The van der Waals surface area contributed by atoms with E-state index in [1.165, 1.54) is 4.31 Å². The van der Waals surface area contributed by atoms with Crippen LogP contribution in [0.5, 0.6) is 0 Å². The molecule has 6 heteroatoms. The fraction of sp³-hybridized carbons (Fsp3) is 0.900. The average molecular weight is 264 g/mol. The lowest BCUT2D eigenvalue weighted by Crippen LogP contribution is -2.40. The van der Waals surface area contributed by atoms with Crippen molar-refractivity contribution in [2.24, 2.45) is 0 Å². The largest absolute Gasteiger partial charge is 0.230 e. The van der Waals surface area contributed by atoms with Crippen molar-refractivity contribution in [3.63, 3.8) is 0 Å². The molecule has 0 amide bonds. The molecule has 0 saturated heterocycles. The highest BCUT2D eigenvalue weighted by Crippen LogP contribution is 2.16. The van der Waals surface area contributed by atoms with Gasteiger partial charge in [-0.05, 0) is 31.8 Å². The summed E-state index contributed by atoms with van der Waals surface area (Å²) in [5.41, 5.74) is 0. The highest BCUT2D eigenvalue weighted by atomic mass is 32.2. The molecular weight excluding hydrogens is 244 g/mol. The van der Waals surface area contributed by atoms with Gasteiger partial charge in [0.15, 0.2) is 5.25 Å². The van der Waals surface area contributed by atoms with Crippen LogP contribution >= 0.6 is 11.8 Å². The van der Waals surface area contributed by atoms with E-state index in [-0.39, 0.29) is 6.04 Å². The lowest BCUT2D eigenvalue weighted by molar-refractivity contribution is 0.379. The lowest BCUT2D eigenvalue weighted by Gasteiger charge is -2.25. The summed E-state index contributed by atoms with van der Waals surface area (Å²) in [4.78, 5) is 0. The van der Waals surface area contributed by atoms with E-state index < -0.39 is 15.3 Å². The van der Waals surface area contributed by atoms with E-state index in [1.807, 2.05) is 19.2 Å². The molecule has 0 saturated carbocycles. The van der Waals surface area contributed by atoms with Crippen LogP contribution < -0.4 is 0 Å². The molecule has 0 aliphatic carbocycles. The third kappa shape index (κ3) is 3.96. The van der Waals surface area contributed by atoms with Gasteiger partial charge in [-0.25, -0.2) is 12.7 Å². The van der Waals surface area contributed by atoms with Gasteiger partial charge in [-0.1, -0.05) is 6.92 Å². The first-order valence-electron chi connectivity index (χ1n) is 5.27. The zero-order chi connectivity index (χ0) is 12.8. The van der Waals surface area contributed by atoms with E-state index in [1.54, 1.807) is 25.7 Å². The smallest absolute Gasteiger partial charge is 0.211 e. The second-order valence-corrected chi connectivity index (χ2v) is 6.88. The molecule has 0 rings (SSSR count). The summed E-state index contributed by atoms with van der Waals surface area (Å²) >= 11 is 1.69. The molecule has 0 aliphatic heterocycles. The first-order valence-corrected chi connectivity index (χ1v) is 8.16. The number of hydrogen-bond donors (Lipinski definition) is 0. The van der Waals surface area contributed by atoms with Gasteiger partial charge >= 0.3 is 0 Å². The van der Waals surface area contributed by atoms with E-state index in [9.17, 15) is 8.42 Å². The van der Waals surface area contributed by atoms with Crippen molar-refractivity contribution in [1.29, 1.82) is 5.26 Å². The Morgan fingerprint density at radius 1 is 1.50 bits per heavy atom. The first-order chi connectivity index (χ1) is 7.41. The summed E-state index contributed by atoms with van der Waals surface area (Å²) in [6, 6.07) is 1.79. The fourth-order valence-corrected chi connectivity index (χ4v) is 3.43. The van der Waals surface area contributed by atoms with E-state index in [0.717, 1.165) is 12.2 Å². The number of sulfonamides is 1. The number of nitrogens with zero attached hydrogens (tertiary/aromatic N) is 2. The predicted molar refractivity (Wildman–Crippen MR) is 68.8 cm³/mol. The van der Waals surface area contributed by atoms with E-state index >= 15 is 0 Å². The minimum Gasteiger partial charge on any atom is -0.211 e. The Kier molecular flexibility index (Phi) is 7.04. The fourth-order valence-electron chi connectivity index (χ4n) is 1.29. The van der Waals surface area contributed by atoms with Crippen LogP contribution in [0.4, 0.5) is 0 Å². The van der Waals surface area contributed by atoms with Crippen molar-refractivity contribution in [2.45, 2.75) is 38.0 Å². The van der Waals surface area contributed by atoms with Crippen LogP contribution in [-0.2, 0) is 10.0 Å². The van der Waals surface area contributed by atoms with Crippen LogP contribution in [0.3, 0.4) is 0 Å². The molecule has 0 aromatic carbocycles. The molecule has 0 bridgehead atoms. The maximum atomic E-state index is 12.0. The van der Waals surface area contributed by atoms with Crippen molar-refractivity contribution in [1.82, 2.24) is 4.31 Å². The third-order valence-corrected chi connectivity index (χ3v) is 5.60. The monoisotopic (exact) mass is 264 g/mol. The van der Waals surface area contributed by atoms with Gasteiger partial charge in [-0.15, -0.1) is 0 Å². The predicted octanol–water partition coefficient (Wildman–Crippen LogP) is 1.69. The van der Waals surface area contributed by atoms with Gasteiger partial charge in [0.2, 0.25) is 10.0 Å². The van der Waals surface area contributed by atoms with Gasteiger partial charge in [0.05, 0.1) is 6.07 Å².